The molecule has 0 saturated heterocycles. The predicted octanol–water partition coefficient (Wildman–Crippen LogP) is 3.37. The van der Waals surface area contributed by atoms with Gasteiger partial charge < -0.3 is 5.32 Å². The van der Waals surface area contributed by atoms with Gasteiger partial charge in [-0.2, -0.15) is 5.10 Å². The van der Waals surface area contributed by atoms with E-state index in [2.05, 4.69) is 35.9 Å². The number of nitrogens with zero attached hydrogens (tertiary/aromatic N) is 2. The van der Waals surface area contributed by atoms with Crippen molar-refractivity contribution in [2.45, 2.75) is 64.5 Å². The molecule has 4 heteroatoms. The standard InChI is InChI=1S/C14H24ClN3/c1-4-8-18-13(12(15)10-17-18)14(3)7-6-11(9-14)16-5-2/h10-11,16H,4-9H2,1-3H3. The zero-order valence-electron chi connectivity index (χ0n) is 11.7. The van der Waals surface area contributed by atoms with Gasteiger partial charge in [0.05, 0.1) is 16.9 Å². The van der Waals surface area contributed by atoms with Gasteiger partial charge in [-0.25, -0.2) is 0 Å². The van der Waals surface area contributed by atoms with E-state index < -0.39 is 0 Å². The molecule has 1 N–H and O–H groups in total. The molecule has 1 saturated carbocycles. The van der Waals surface area contributed by atoms with Gasteiger partial charge >= 0.3 is 0 Å². The molecule has 3 nitrogen and oxygen atoms in total. The van der Waals surface area contributed by atoms with Crippen LogP contribution >= 0.6 is 11.6 Å². The molecule has 1 aliphatic carbocycles. The molecule has 1 heterocycles. The molecule has 2 atom stereocenters. The molecule has 0 aromatic carbocycles. The van der Waals surface area contributed by atoms with E-state index in [4.69, 9.17) is 11.6 Å². The Labute approximate surface area is 115 Å². The minimum atomic E-state index is 0.176. The highest BCUT2D eigenvalue weighted by Gasteiger charge is 2.39. The second-order valence-corrected chi connectivity index (χ2v) is 6.03. The average Bonchev–Trinajstić information content (AvgIpc) is 2.86. The molecule has 1 aliphatic rings. The van der Waals surface area contributed by atoms with E-state index in [-0.39, 0.29) is 5.41 Å². The van der Waals surface area contributed by atoms with Crippen molar-refractivity contribution in [3.05, 3.63) is 16.9 Å². The maximum absolute atomic E-state index is 6.37. The molecule has 0 amide bonds. The van der Waals surface area contributed by atoms with E-state index in [1.807, 2.05) is 0 Å². The summed E-state index contributed by atoms with van der Waals surface area (Å²) < 4.78 is 2.11. The molecule has 0 spiro atoms. The smallest absolute Gasteiger partial charge is 0.0823 e. The van der Waals surface area contributed by atoms with Gasteiger partial charge in [-0.3, -0.25) is 4.68 Å². The SMILES string of the molecule is CCCn1ncc(Cl)c1C1(C)CCC(NCC)C1. The van der Waals surface area contributed by atoms with Crippen LogP contribution in [0.15, 0.2) is 6.20 Å². The Morgan fingerprint density at radius 3 is 3.00 bits per heavy atom. The van der Waals surface area contributed by atoms with Crippen LogP contribution in [0.2, 0.25) is 5.02 Å². The Morgan fingerprint density at radius 2 is 2.33 bits per heavy atom. The van der Waals surface area contributed by atoms with Gasteiger partial charge in [0.25, 0.3) is 0 Å². The van der Waals surface area contributed by atoms with E-state index in [1.54, 1.807) is 6.20 Å². The summed E-state index contributed by atoms with van der Waals surface area (Å²) in [5.74, 6) is 0. The van der Waals surface area contributed by atoms with Crippen LogP contribution in [-0.4, -0.2) is 22.4 Å². The van der Waals surface area contributed by atoms with Gasteiger partial charge in [-0.1, -0.05) is 32.4 Å². The van der Waals surface area contributed by atoms with Gasteiger partial charge in [-0.05, 0) is 32.2 Å². The molecular weight excluding hydrogens is 246 g/mol. The number of nitrogens with one attached hydrogen (secondary N) is 1. The van der Waals surface area contributed by atoms with E-state index in [9.17, 15) is 0 Å². The zero-order chi connectivity index (χ0) is 13.2. The lowest BCUT2D eigenvalue weighted by atomic mass is 9.84. The van der Waals surface area contributed by atoms with Gasteiger partial charge in [0.15, 0.2) is 0 Å². The molecule has 18 heavy (non-hydrogen) atoms. The van der Waals surface area contributed by atoms with E-state index in [0.717, 1.165) is 31.0 Å². The quantitative estimate of drug-likeness (QED) is 0.888. The van der Waals surface area contributed by atoms with Crippen molar-refractivity contribution < 1.29 is 0 Å². The maximum atomic E-state index is 6.37. The second-order valence-electron chi connectivity index (χ2n) is 5.62. The van der Waals surface area contributed by atoms with Crippen molar-refractivity contribution in [1.29, 1.82) is 0 Å². The minimum Gasteiger partial charge on any atom is -0.314 e. The summed E-state index contributed by atoms with van der Waals surface area (Å²) in [5, 5.41) is 8.83. The fraction of sp³-hybridized carbons (Fsp3) is 0.786. The summed E-state index contributed by atoms with van der Waals surface area (Å²) in [6, 6.07) is 0.626. The molecule has 0 bridgehead atoms. The molecule has 2 unspecified atom stereocenters. The fourth-order valence-corrected chi connectivity index (χ4v) is 3.63. The molecular formula is C14H24ClN3. The lowest BCUT2D eigenvalue weighted by Gasteiger charge is -2.26. The van der Waals surface area contributed by atoms with Gasteiger partial charge in [0.1, 0.15) is 0 Å². The van der Waals surface area contributed by atoms with Crippen molar-refractivity contribution in [3.63, 3.8) is 0 Å². The van der Waals surface area contributed by atoms with Crippen molar-refractivity contribution in [1.82, 2.24) is 15.1 Å². The Bertz CT molecular complexity index is 402. The summed E-state index contributed by atoms with van der Waals surface area (Å²) in [4.78, 5) is 0. The van der Waals surface area contributed by atoms with Crippen LogP contribution in [-0.2, 0) is 12.0 Å². The topological polar surface area (TPSA) is 29.9 Å². The summed E-state index contributed by atoms with van der Waals surface area (Å²) in [6.45, 7) is 8.69. The first-order chi connectivity index (χ1) is 8.60. The first-order valence-electron chi connectivity index (χ1n) is 7.06. The van der Waals surface area contributed by atoms with Crippen molar-refractivity contribution >= 4 is 11.6 Å². The van der Waals surface area contributed by atoms with Crippen LogP contribution in [0.5, 0.6) is 0 Å². The number of aryl methyl sites for hydroxylation is 1. The lowest BCUT2D eigenvalue weighted by Crippen LogP contribution is -2.30. The van der Waals surface area contributed by atoms with Crippen molar-refractivity contribution in [2.24, 2.45) is 0 Å². The fourth-order valence-electron chi connectivity index (χ4n) is 3.26. The summed E-state index contributed by atoms with van der Waals surface area (Å²) in [6.07, 6.45) is 6.49. The highest BCUT2D eigenvalue weighted by atomic mass is 35.5. The third-order valence-corrected chi connectivity index (χ3v) is 4.31. The van der Waals surface area contributed by atoms with Crippen LogP contribution in [0, 0.1) is 0 Å². The third-order valence-electron chi connectivity index (χ3n) is 4.04. The Morgan fingerprint density at radius 1 is 1.56 bits per heavy atom. The third kappa shape index (κ3) is 2.57. The predicted molar refractivity (Wildman–Crippen MR) is 76.2 cm³/mol. The number of rotatable bonds is 5. The molecule has 1 fully saturated rings. The Kier molecular flexibility index (Phi) is 4.33. The van der Waals surface area contributed by atoms with Crippen LogP contribution in [0.25, 0.3) is 0 Å². The van der Waals surface area contributed by atoms with E-state index in [0.29, 0.717) is 6.04 Å². The normalized spacial score (nSPS) is 27.9. The monoisotopic (exact) mass is 269 g/mol. The zero-order valence-corrected chi connectivity index (χ0v) is 12.4. The van der Waals surface area contributed by atoms with Crippen LogP contribution in [0.3, 0.4) is 0 Å². The van der Waals surface area contributed by atoms with Gasteiger partial charge in [0, 0.05) is 18.0 Å². The summed E-state index contributed by atoms with van der Waals surface area (Å²) in [7, 11) is 0. The van der Waals surface area contributed by atoms with Gasteiger partial charge in [-0.15, -0.1) is 0 Å². The molecule has 0 radical (unpaired) electrons. The molecule has 102 valence electrons. The molecule has 1 aromatic rings. The second kappa shape index (κ2) is 5.62. The lowest BCUT2D eigenvalue weighted by molar-refractivity contribution is 0.411. The molecule has 2 rings (SSSR count). The first-order valence-corrected chi connectivity index (χ1v) is 7.43. The first kappa shape index (κ1) is 13.9. The molecule has 0 aliphatic heterocycles. The Balaban J connectivity index is 2.22. The molecule has 1 aromatic heterocycles. The largest absolute Gasteiger partial charge is 0.314 e. The summed E-state index contributed by atoms with van der Waals surface area (Å²) >= 11 is 6.37. The van der Waals surface area contributed by atoms with Crippen molar-refractivity contribution in [2.75, 3.05) is 6.54 Å². The van der Waals surface area contributed by atoms with Gasteiger partial charge in [0.2, 0.25) is 0 Å². The van der Waals surface area contributed by atoms with Crippen LogP contribution in [0.4, 0.5) is 0 Å². The van der Waals surface area contributed by atoms with E-state index in [1.165, 1.54) is 18.5 Å². The summed E-state index contributed by atoms with van der Waals surface area (Å²) in [5.41, 5.74) is 1.42. The van der Waals surface area contributed by atoms with Crippen LogP contribution < -0.4 is 5.32 Å². The number of hydrogen-bond acceptors (Lipinski definition) is 2. The van der Waals surface area contributed by atoms with Crippen LogP contribution in [0.1, 0.15) is 52.1 Å². The maximum Gasteiger partial charge on any atom is 0.0823 e. The van der Waals surface area contributed by atoms with Crippen molar-refractivity contribution in [3.8, 4) is 0 Å². The number of hydrogen-bond donors (Lipinski definition) is 1. The highest BCUT2D eigenvalue weighted by molar-refractivity contribution is 6.31. The average molecular weight is 270 g/mol. The number of halogens is 1. The highest BCUT2D eigenvalue weighted by Crippen LogP contribution is 2.43. The Hall–Kier alpha value is -0.540. The minimum absolute atomic E-state index is 0.176. The number of aromatic nitrogens is 2. The van der Waals surface area contributed by atoms with E-state index >= 15 is 0 Å².